The predicted octanol–water partition coefficient (Wildman–Crippen LogP) is 6.10. The van der Waals surface area contributed by atoms with Crippen LogP contribution in [0.25, 0.3) is 16.7 Å². The van der Waals surface area contributed by atoms with Crippen molar-refractivity contribution in [3.8, 4) is 11.1 Å². The number of rotatable bonds is 0. The van der Waals surface area contributed by atoms with Gasteiger partial charge >= 0.3 is 0 Å². The molecule has 1 aliphatic rings. The molecule has 0 bridgehead atoms. The Hall–Kier alpha value is -1.56. The van der Waals surface area contributed by atoms with E-state index < -0.39 is 0 Å². The maximum absolute atomic E-state index is 5.78. The summed E-state index contributed by atoms with van der Waals surface area (Å²) in [7, 11) is 0. The zero-order valence-electron chi connectivity index (χ0n) is 22.5. The van der Waals surface area contributed by atoms with Gasteiger partial charge in [0, 0.05) is 30.0 Å². The quantitative estimate of drug-likeness (QED) is 0.215. The molecule has 0 nitrogen and oxygen atoms in total. The molecule has 4 rings (SSSR count). The molecule has 35 heavy (non-hydrogen) atoms. The van der Waals surface area contributed by atoms with Crippen LogP contribution in [0.15, 0.2) is 60.7 Å². The maximum atomic E-state index is 5.78. The van der Waals surface area contributed by atoms with Crippen LogP contribution < -0.4 is 4.70 Å². The van der Waals surface area contributed by atoms with Gasteiger partial charge in [0.1, 0.15) is 0 Å². The first-order chi connectivity index (χ1) is 15.2. The van der Waals surface area contributed by atoms with Crippen molar-refractivity contribution in [2.45, 2.75) is 78.6 Å². The fourth-order valence-corrected chi connectivity index (χ4v) is 4.13. The van der Waals surface area contributed by atoms with Gasteiger partial charge in [-0.15, -0.1) is 0 Å². The van der Waals surface area contributed by atoms with Crippen LogP contribution in [0.5, 0.6) is 0 Å². The Bertz CT molecular complexity index is 1040. The van der Waals surface area contributed by atoms with Gasteiger partial charge < -0.3 is 4.70 Å². The van der Waals surface area contributed by atoms with Gasteiger partial charge in [-0.1, -0.05) is 135 Å². The van der Waals surface area contributed by atoms with Crippen molar-refractivity contribution in [2.75, 3.05) is 0 Å². The molecule has 5 radical (unpaired) electrons. The van der Waals surface area contributed by atoms with E-state index in [-0.39, 0.29) is 45.4 Å². The van der Waals surface area contributed by atoms with Crippen LogP contribution in [0, 0.1) is 11.6 Å². The number of hydrogen-bond acceptors (Lipinski definition) is 0. The van der Waals surface area contributed by atoms with Gasteiger partial charge in [0.05, 0.1) is 5.54 Å². The molecule has 3 heteroatoms. The summed E-state index contributed by atoms with van der Waals surface area (Å²) < 4.78 is 0. The molecule has 0 unspecified atom stereocenters. The average Bonchev–Trinajstić information content (AvgIpc) is 3.06. The maximum Gasteiger partial charge on any atom is 0.0683 e. The normalized spacial score (nSPS) is 12.3. The average molecular weight is 598 g/mol. The Morgan fingerprint density at radius 3 is 1.23 bits per heavy atom. The Morgan fingerprint density at radius 1 is 0.600 bits per heavy atom. The van der Waals surface area contributed by atoms with E-state index in [1.165, 1.54) is 38.9 Å². The Kier molecular flexibility index (Phi) is 10.5. The van der Waals surface area contributed by atoms with Gasteiger partial charge in [-0.2, -0.15) is 0 Å². The zero-order valence-corrected chi connectivity index (χ0v) is 25.8. The smallest absolute Gasteiger partial charge is 0.0683 e. The SMILES string of the molecule is CC(C)(C)c1[c]c(C(C)(C)C)cc(C(C)(C)C)c1.Cl[C]=C1c2ccccc2-c2ccccc21.[F-].[Sb]. The summed E-state index contributed by atoms with van der Waals surface area (Å²) in [5.41, 5.74) is 13.2. The van der Waals surface area contributed by atoms with Crippen molar-refractivity contribution in [2.24, 2.45) is 0 Å². The first-order valence-corrected chi connectivity index (χ1v) is 12.1. The molecule has 0 atom stereocenters. The Morgan fingerprint density at radius 2 is 0.943 bits per heavy atom. The van der Waals surface area contributed by atoms with Gasteiger partial charge in [-0.3, -0.25) is 0 Å². The van der Waals surface area contributed by atoms with E-state index in [0.717, 1.165) is 5.57 Å². The molecular weight excluding hydrogens is 561 g/mol. The number of benzene rings is 3. The van der Waals surface area contributed by atoms with E-state index in [0.29, 0.717) is 0 Å². The third-order valence-electron chi connectivity index (χ3n) is 6.13. The summed E-state index contributed by atoms with van der Waals surface area (Å²) in [5.74, 6) is 0. The van der Waals surface area contributed by atoms with Crippen LogP contribution in [0.4, 0.5) is 0 Å². The summed E-state index contributed by atoms with van der Waals surface area (Å²) in [5, 5.41) is 0. The Labute approximate surface area is 235 Å². The molecule has 0 fully saturated rings. The van der Waals surface area contributed by atoms with E-state index in [4.69, 9.17) is 11.6 Å². The fraction of sp³-hybridized carbons (Fsp3) is 0.375. The molecule has 3 aromatic carbocycles. The second kappa shape index (κ2) is 11.7. The second-order valence-corrected chi connectivity index (χ2v) is 12.2. The largest absolute Gasteiger partial charge is 1.00 e. The van der Waals surface area contributed by atoms with E-state index in [9.17, 15) is 0 Å². The van der Waals surface area contributed by atoms with Gasteiger partial charge in [-0.05, 0) is 61.3 Å². The molecule has 185 valence electrons. The molecule has 0 saturated heterocycles. The molecule has 0 amide bonds. The molecule has 1 aliphatic carbocycles. The van der Waals surface area contributed by atoms with Crippen molar-refractivity contribution < 1.29 is 4.70 Å². The van der Waals surface area contributed by atoms with Gasteiger partial charge in [0.25, 0.3) is 0 Å². The summed E-state index contributed by atoms with van der Waals surface area (Å²) in [6, 6.07) is 24.9. The summed E-state index contributed by atoms with van der Waals surface area (Å²) in [4.78, 5) is 0. The summed E-state index contributed by atoms with van der Waals surface area (Å²) in [6.45, 7) is 20.4. The third kappa shape index (κ3) is 7.24. The predicted molar refractivity (Wildman–Crippen MR) is 151 cm³/mol. The van der Waals surface area contributed by atoms with Gasteiger partial charge in [-0.25, -0.2) is 0 Å². The van der Waals surface area contributed by atoms with Crippen molar-refractivity contribution in [1.82, 2.24) is 0 Å². The monoisotopic (exact) mass is 596 g/mol. The van der Waals surface area contributed by atoms with Crippen molar-refractivity contribution in [3.05, 3.63) is 100 Å². The molecule has 0 aromatic heterocycles. The van der Waals surface area contributed by atoms with E-state index in [1.54, 1.807) is 0 Å². The van der Waals surface area contributed by atoms with Crippen molar-refractivity contribution in [3.63, 3.8) is 0 Å². The van der Waals surface area contributed by atoms with E-state index >= 15 is 0 Å². The second-order valence-electron chi connectivity index (χ2n) is 12.0. The molecule has 3 aromatic rings. The standard InChI is InChI=1S/C18H29.C14H8Cl.FH.Sb/c1-16(2,3)13-10-14(17(4,5)6)12-15(11-13)18(7,8)9;15-9-14-12-7-3-1-5-10(12)11-6-2-4-8-13(11)14;;/h10-11H,1-9H3;1-8H;1H;/p-1. The minimum absolute atomic E-state index is 0. The molecule has 0 heterocycles. The molecule has 0 spiro atoms. The molecule has 0 saturated carbocycles. The minimum atomic E-state index is 0. The van der Waals surface area contributed by atoms with Gasteiger partial charge in [0.2, 0.25) is 0 Å². The summed E-state index contributed by atoms with van der Waals surface area (Å²) >= 11 is 5.78. The van der Waals surface area contributed by atoms with Crippen LogP contribution in [0.2, 0.25) is 0 Å². The molecular formula is C32H37ClFSb-. The van der Waals surface area contributed by atoms with E-state index in [1.807, 2.05) is 24.3 Å². The zero-order chi connectivity index (χ0) is 24.6. The van der Waals surface area contributed by atoms with Crippen LogP contribution >= 0.6 is 11.6 Å². The third-order valence-corrected chi connectivity index (χ3v) is 6.32. The minimum Gasteiger partial charge on any atom is -1.00 e. The summed E-state index contributed by atoms with van der Waals surface area (Å²) in [6.07, 6.45) is 0. The molecule has 0 aliphatic heterocycles. The van der Waals surface area contributed by atoms with Crippen LogP contribution in [-0.2, 0) is 16.2 Å². The Balaban J connectivity index is 0.000000334. The van der Waals surface area contributed by atoms with Crippen LogP contribution in [0.1, 0.15) is 90.1 Å². The van der Waals surface area contributed by atoms with Crippen LogP contribution in [0.3, 0.4) is 0 Å². The number of fused-ring (bicyclic) bond motifs is 3. The van der Waals surface area contributed by atoms with Gasteiger partial charge in [0.15, 0.2) is 0 Å². The molecule has 0 N–H and O–H groups in total. The number of halogens is 2. The fourth-order valence-electron chi connectivity index (χ4n) is 3.93. The number of hydrogen-bond donors (Lipinski definition) is 0. The van der Waals surface area contributed by atoms with Crippen molar-refractivity contribution in [1.29, 1.82) is 0 Å². The topological polar surface area (TPSA) is 0 Å². The van der Waals surface area contributed by atoms with E-state index in [2.05, 4.69) is 110 Å². The van der Waals surface area contributed by atoms with Crippen LogP contribution in [-0.4, -0.2) is 24.4 Å². The first kappa shape index (κ1) is 31.5. The first-order valence-electron chi connectivity index (χ1n) is 11.7. The van der Waals surface area contributed by atoms with Crippen molar-refractivity contribution >= 4 is 41.6 Å².